The second-order valence-corrected chi connectivity index (χ2v) is 5.68. The first-order chi connectivity index (χ1) is 9.24. The van der Waals surface area contributed by atoms with Crippen molar-refractivity contribution in [3.05, 3.63) is 42.2 Å². The first kappa shape index (κ1) is 12.6. The van der Waals surface area contributed by atoms with E-state index in [-0.39, 0.29) is 0 Å². The Labute approximate surface area is 114 Å². The zero-order chi connectivity index (χ0) is 13.2. The van der Waals surface area contributed by atoms with Crippen molar-refractivity contribution in [1.82, 2.24) is 9.88 Å². The fraction of sp³-hybridized carbons (Fsp3) is 0.438. The number of likely N-dealkylation sites (tertiary alicyclic amines) is 1. The molecule has 1 aromatic carbocycles. The Morgan fingerprint density at radius 2 is 2.16 bits per heavy atom. The van der Waals surface area contributed by atoms with Gasteiger partial charge in [0, 0.05) is 36.9 Å². The van der Waals surface area contributed by atoms with Gasteiger partial charge in [0.25, 0.3) is 0 Å². The van der Waals surface area contributed by atoms with Crippen LogP contribution in [0.15, 0.2) is 36.7 Å². The lowest BCUT2D eigenvalue weighted by Gasteiger charge is -2.35. The quantitative estimate of drug-likeness (QED) is 0.896. The monoisotopic (exact) mass is 255 g/mol. The molecule has 0 radical (unpaired) electrons. The van der Waals surface area contributed by atoms with E-state index < -0.39 is 0 Å². The first-order valence-electron chi connectivity index (χ1n) is 7.03. The third-order valence-electron chi connectivity index (χ3n) is 4.25. The van der Waals surface area contributed by atoms with Gasteiger partial charge in [0.2, 0.25) is 0 Å². The Morgan fingerprint density at radius 3 is 3.00 bits per heavy atom. The average Bonchev–Trinajstić information content (AvgIpc) is 2.43. The number of fused-ring (bicyclic) bond motifs is 1. The molecule has 19 heavy (non-hydrogen) atoms. The lowest BCUT2D eigenvalue weighted by molar-refractivity contribution is 0.162. The van der Waals surface area contributed by atoms with E-state index in [2.05, 4.69) is 41.1 Å². The van der Waals surface area contributed by atoms with E-state index in [1.165, 1.54) is 22.8 Å². The first-order valence-corrected chi connectivity index (χ1v) is 7.03. The number of pyridine rings is 1. The molecule has 2 heterocycles. The van der Waals surface area contributed by atoms with Crippen LogP contribution in [0.25, 0.3) is 10.8 Å². The Hall–Kier alpha value is -1.45. The third-order valence-corrected chi connectivity index (χ3v) is 4.25. The van der Waals surface area contributed by atoms with E-state index in [4.69, 9.17) is 5.73 Å². The van der Waals surface area contributed by atoms with E-state index in [0.29, 0.717) is 12.0 Å². The summed E-state index contributed by atoms with van der Waals surface area (Å²) in [6.45, 7) is 5.33. The van der Waals surface area contributed by atoms with E-state index in [1.807, 2.05) is 12.4 Å². The van der Waals surface area contributed by atoms with E-state index in [1.54, 1.807) is 0 Å². The van der Waals surface area contributed by atoms with Crippen LogP contribution in [0.1, 0.15) is 18.9 Å². The fourth-order valence-electron chi connectivity index (χ4n) is 2.86. The van der Waals surface area contributed by atoms with Crippen molar-refractivity contribution in [1.29, 1.82) is 0 Å². The number of hydrogen-bond acceptors (Lipinski definition) is 3. The summed E-state index contributed by atoms with van der Waals surface area (Å²) in [5.41, 5.74) is 7.48. The summed E-state index contributed by atoms with van der Waals surface area (Å²) >= 11 is 0. The van der Waals surface area contributed by atoms with Crippen LogP contribution in [0, 0.1) is 5.92 Å². The van der Waals surface area contributed by atoms with Gasteiger partial charge in [-0.3, -0.25) is 9.88 Å². The Bertz CT molecular complexity index is 561. The smallest absolute Gasteiger partial charge is 0.0346 e. The predicted octanol–water partition coefficient (Wildman–Crippen LogP) is 2.40. The maximum atomic E-state index is 6.18. The van der Waals surface area contributed by atoms with Crippen molar-refractivity contribution in [2.45, 2.75) is 25.9 Å². The molecule has 2 unspecified atom stereocenters. The van der Waals surface area contributed by atoms with Crippen molar-refractivity contribution in [3.8, 4) is 0 Å². The van der Waals surface area contributed by atoms with Gasteiger partial charge >= 0.3 is 0 Å². The molecule has 2 N–H and O–H groups in total. The molecule has 0 bridgehead atoms. The molecule has 1 aliphatic heterocycles. The maximum absolute atomic E-state index is 6.18. The van der Waals surface area contributed by atoms with Gasteiger partial charge in [0.05, 0.1) is 0 Å². The predicted molar refractivity (Wildman–Crippen MR) is 78.8 cm³/mol. The maximum Gasteiger partial charge on any atom is 0.0346 e. The molecular formula is C16H21N3. The number of piperidine rings is 1. The van der Waals surface area contributed by atoms with E-state index in [9.17, 15) is 0 Å². The second kappa shape index (κ2) is 5.27. The minimum absolute atomic E-state index is 0.302. The summed E-state index contributed by atoms with van der Waals surface area (Å²) < 4.78 is 0. The molecule has 3 heteroatoms. The van der Waals surface area contributed by atoms with Crippen molar-refractivity contribution < 1.29 is 0 Å². The molecule has 3 rings (SSSR count). The van der Waals surface area contributed by atoms with Crippen LogP contribution < -0.4 is 5.73 Å². The Balaban J connectivity index is 1.82. The molecule has 0 aliphatic carbocycles. The fourth-order valence-corrected chi connectivity index (χ4v) is 2.86. The molecular weight excluding hydrogens is 234 g/mol. The molecule has 0 spiro atoms. The van der Waals surface area contributed by atoms with Gasteiger partial charge in [0.1, 0.15) is 0 Å². The number of nitrogens with zero attached hydrogens (tertiary/aromatic N) is 2. The van der Waals surface area contributed by atoms with Crippen molar-refractivity contribution in [2.75, 3.05) is 13.1 Å². The highest BCUT2D eigenvalue weighted by Gasteiger charge is 2.23. The highest BCUT2D eigenvalue weighted by Crippen LogP contribution is 2.21. The number of nitrogens with two attached hydrogens (primary N) is 1. The average molecular weight is 255 g/mol. The highest BCUT2D eigenvalue weighted by atomic mass is 15.1. The van der Waals surface area contributed by atoms with Gasteiger partial charge in [0.15, 0.2) is 0 Å². The van der Waals surface area contributed by atoms with Crippen LogP contribution in [-0.4, -0.2) is 29.0 Å². The lowest BCUT2D eigenvalue weighted by atomic mass is 9.94. The number of hydrogen-bond donors (Lipinski definition) is 1. The van der Waals surface area contributed by atoms with E-state index >= 15 is 0 Å². The molecule has 1 aromatic heterocycles. The normalized spacial score (nSPS) is 24.7. The Morgan fingerprint density at radius 1 is 1.32 bits per heavy atom. The lowest BCUT2D eigenvalue weighted by Crippen LogP contribution is -2.47. The van der Waals surface area contributed by atoms with Crippen molar-refractivity contribution in [2.24, 2.45) is 11.7 Å². The number of benzene rings is 1. The second-order valence-electron chi connectivity index (χ2n) is 5.68. The van der Waals surface area contributed by atoms with Crippen LogP contribution in [0.3, 0.4) is 0 Å². The zero-order valence-corrected chi connectivity index (χ0v) is 11.4. The molecule has 3 nitrogen and oxygen atoms in total. The van der Waals surface area contributed by atoms with Crippen molar-refractivity contribution in [3.63, 3.8) is 0 Å². The van der Waals surface area contributed by atoms with Crippen LogP contribution >= 0.6 is 0 Å². The largest absolute Gasteiger partial charge is 0.326 e. The van der Waals surface area contributed by atoms with Crippen LogP contribution in [0.4, 0.5) is 0 Å². The SMILES string of the molecule is CC1CCN(Cc2cncc3ccccc23)CC1N. The number of aromatic nitrogens is 1. The molecule has 2 atom stereocenters. The minimum Gasteiger partial charge on any atom is -0.326 e. The summed E-state index contributed by atoms with van der Waals surface area (Å²) in [5, 5.41) is 2.53. The van der Waals surface area contributed by atoms with Crippen molar-refractivity contribution >= 4 is 10.8 Å². The van der Waals surface area contributed by atoms with Gasteiger partial charge in [-0.2, -0.15) is 0 Å². The van der Waals surface area contributed by atoms with Crippen LogP contribution in [-0.2, 0) is 6.54 Å². The topological polar surface area (TPSA) is 42.2 Å². The molecule has 100 valence electrons. The molecule has 2 aromatic rings. The molecule has 0 amide bonds. The number of rotatable bonds is 2. The minimum atomic E-state index is 0.302. The molecule has 0 saturated carbocycles. The zero-order valence-electron chi connectivity index (χ0n) is 11.4. The summed E-state index contributed by atoms with van der Waals surface area (Å²) in [4.78, 5) is 6.81. The molecule has 1 aliphatic rings. The van der Waals surface area contributed by atoms with Gasteiger partial charge in [-0.25, -0.2) is 0 Å². The summed E-state index contributed by atoms with van der Waals surface area (Å²) in [6, 6.07) is 8.76. The van der Waals surface area contributed by atoms with Crippen LogP contribution in [0.2, 0.25) is 0 Å². The standard InChI is InChI=1S/C16H21N3/c1-12-6-7-19(11-16(12)17)10-14-9-18-8-13-4-2-3-5-15(13)14/h2-5,8-9,12,16H,6-7,10-11,17H2,1H3. The van der Waals surface area contributed by atoms with Gasteiger partial charge in [-0.05, 0) is 29.8 Å². The van der Waals surface area contributed by atoms with E-state index in [0.717, 1.165) is 19.6 Å². The van der Waals surface area contributed by atoms with Crippen LogP contribution in [0.5, 0.6) is 0 Å². The molecule has 1 fully saturated rings. The van der Waals surface area contributed by atoms with Gasteiger partial charge in [-0.15, -0.1) is 0 Å². The summed E-state index contributed by atoms with van der Waals surface area (Å²) in [5.74, 6) is 0.641. The van der Waals surface area contributed by atoms with Gasteiger partial charge < -0.3 is 5.73 Å². The summed E-state index contributed by atoms with van der Waals surface area (Å²) in [6.07, 6.45) is 5.12. The summed E-state index contributed by atoms with van der Waals surface area (Å²) in [7, 11) is 0. The third kappa shape index (κ3) is 2.62. The van der Waals surface area contributed by atoms with Gasteiger partial charge in [-0.1, -0.05) is 31.2 Å². The molecule has 1 saturated heterocycles. The highest BCUT2D eigenvalue weighted by molar-refractivity contribution is 5.84. The Kier molecular flexibility index (Phi) is 3.49.